The van der Waals surface area contributed by atoms with Crippen LogP contribution in [0.1, 0.15) is 0 Å². The van der Waals surface area contributed by atoms with Gasteiger partial charge in [0, 0.05) is 0 Å². The van der Waals surface area contributed by atoms with Crippen LogP contribution in [0.2, 0.25) is 0 Å². The molecule has 0 aliphatic carbocycles. The van der Waals surface area contributed by atoms with Gasteiger partial charge in [-0.1, -0.05) is 0 Å². The minimum atomic E-state index is 0.975. The summed E-state index contributed by atoms with van der Waals surface area (Å²) in [6.07, 6.45) is 1.89. The average Bonchev–Trinajstić information content (AvgIpc) is 1.86. The van der Waals surface area contributed by atoms with Crippen molar-refractivity contribution in [1.82, 2.24) is 10.9 Å². The number of hydrazine groups is 1. The Bertz CT molecular complexity index is 78.9. The van der Waals surface area contributed by atoms with Crippen molar-refractivity contribution in [3.8, 4) is 0 Å². The summed E-state index contributed by atoms with van der Waals surface area (Å²) in [5.74, 6) is 0. The molecule has 0 unspecified atom stereocenters. The van der Waals surface area contributed by atoms with Gasteiger partial charge in [0.25, 0.3) is 0 Å². The molecule has 2 N–H and O–H groups in total. The predicted molar refractivity (Wildman–Crippen MR) is 27.6 cm³/mol. The monoisotopic (exact) mass is 147 g/mol. The molecule has 0 atom stereocenters. The van der Waals surface area contributed by atoms with Crippen LogP contribution in [0.3, 0.4) is 0 Å². The fourth-order valence-electron chi connectivity index (χ4n) is 0.267. The Kier molecular flexibility index (Phi) is 1.12. The zero-order valence-corrected chi connectivity index (χ0v) is 4.62. The topological polar surface area (TPSA) is 24.1 Å². The van der Waals surface area contributed by atoms with Crippen LogP contribution in [-0.2, 0) is 0 Å². The average molecular weight is 148 g/mol. The van der Waals surface area contributed by atoms with Gasteiger partial charge in [0.2, 0.25) is 0 Å². The predicted octanol–water partition coefficient (Wildman–Crippen LogP) is 0.492. The van der Waals surface area contributed by atoms with Gasteiger partial charge in [-0.2, -0.15) is 0 Å². The van der Waals surface area contributed by atoms with E-state index in [-0.39, 0.29) is 0 Å². The zero-order valence-electron chi connectivity index (χ0n) is 3.03. The molecule has 33 valence electrons. The molecule has 6 heavy (non-hydrogen) atoms. The molecule has 0 spiro atoms. The second-order valence-electron chi connectivity index (χ2n) is 0.951. The van der Waals surface area contributed by atoms with Crippen molar-refractivity contribution in [3.05, 3.63) is 17.2 Å². The molecule has 1 aliphatic rings. The van der Waals surface area contributed by atoms with Gasteiger partial charge in [-0.05, 0) is 22.0 Å². The smallest absolute Gasteiger partial charge is 0.0899 e. The highest BCUT2D eigenvalue weighted by molar-refractivity contribution is 9.11. The van der Waals surface area contributed by atoms with E-state index in [4.69, 9.17) is 0 Å². The van der Waals surface area contributed by atoms with Crippen LogP contribution in [0, 0.1) is 6.54 Å². The SMILES string of the molecule is BrC1=C[CH]NN1. The van der Waals surface area contributed by atoms with E-state index < -0.39 is 0 Å². The number of nitrogens with one attached hydrogen (secondary N) is 2. The van der Waals surface area contributed by atoms with E-state index >= 15 is 0 Å². The fourth-order valence-corrected chi connectivity index (χ4v) is 0.514. The van der Waals surface area contributed by atoms with Crippen LogP contribution < -0.4 is 10.9 Å². The summed E-state index contributed by atoms with van der Waals surface area (Å²) in [5, 5.41) is 0. The van der Waals surface area contributed by atoms with Crippen LogP contribution in [-0.4, -0.2) is 0 Å². The standard InChI is InChI=1S/C3H4BrN2/c4-3-1-2-5-6-3/h1-2,5-6H. The first kappa shape index (κ1) is 4.15. The molecular weight excluding hydrogens is 144 g/mol. The van der Waals surface area contributed by atoms with Gasteiger partial charge < -0.3 is 5.43 Å². The maximum Gasteiger partial charge on any atom is 0.0899 e. The molecule has 0 saturated heterocycles. The molecule has 0 saturated carbocycles. The zero-order chi connectivity index (χ0) is 4.41. The Morgan fingerprint density at radius 3 is 2.67 bits per heavy atom. The lowest BCUT2D eigenvalue weighted by atomic mass is 10.7. The van der Waals surface area contributed by atoms with E-state index in [0.717, 1.165) is 4.61 Å². The second-order valence-corrected chi connectivity index (χ2v) is 1.80. The Balaban J connectivity index is 2.45. The Labute approximate surface area is 44.7 Å². The summed E-state index contributed by atoms with van der Waals surface area (Å²) >= 11 is 3.19. The quantitative estimate of drug-likeness (QED) is 0.488. The molecule has 0 aromatic carbocycles. The second kappa shape index (κ2) is 1.62. The highest BCUT2D eigenvalue weighted by Gasteiger charge is 1.93. The molecule has 1 heterocycles. The van der Waals surface area contributed by atoms with Crippen molar-refractivity contribution in [1.29, 1.82) is 0 Å². The summed E-state index contributed by atoms with van der Waals surface area (Å²) in [6, 6.07) is 0. The molecule has 0 aromatic rings. The van der Waals surface area contributed by atoms with E-state index in [1.807, 2.05) is 12.6 Å². The molecule has 1 rings (SSSR count). The first-order valence-electron chi connectivity index (χ1n) is 1.60. The Hall–Kier alpha value is -0.0200. The highest BCUT2D eigenvalue weighted by atomic mass is 79.9. The number of hydrogen-bond acceptors (Lipinski definition) is 2. The maximum absolute atomic E-state index is 3.19. The number of halogens is 1. The van der Waals surface area contributed by atoms with E-state index in [1.165, 1.54) is 0 Å². The lowest BCUT2D eigenvalue weighted by Gasteiger charge is -1.89. The van der Waals surface area contributed by atoms with Crippen molar-refractivity contribution in [2.45, 2.75) is 0 Å². The lowest BCUT2D eigenvalue weighted by molar-refractivity contribution is 0.775. The van der Waals surface area contributed by atoms with E-state index in [2.05, 4.69) is 26.8 Å². The molecular formula is C3H4BrN2. The first-order valence-corrected chi connectivity index (χ1v) is 2.39. The Morgan fingerprint density at radius 2 is 2.50 bits per heavy atom. The molecule has 3 heteroatoms. The van der Waals surface area contributed by atoms with Crippen molar-refractivity contribution in [2.75, 3.05) is 0 Å². The van der Waals surface area contributed by atoms with E-state index in [0.29, 0.717) is 0 Å². The molecule has 1 radical (unpaired) electrons. The molecule has 0 bridgehead atoms. The van der Waals surface area contributed by atoms with Crippen LogP contribution in [0.4, 0.5) is 0 Å². The minimum absolute atomic E-state index is 0.975. The maximum atomic E-state index is 3.19. The first-order chi connectivity index (χ1) is 2.89. The van der Waals surface area contributed by atoms with Gasteiger partial charge in [0.1, 0.15) is 0 Å². The number of hydrogen-bond donors (Lipinski definition) is 2. The molecule has 0 aromatic heterocycles. The summed E-state index contributed by atoms with van der Waals surface area (Å²) in [7, 11) is 0. The van der Waals surface area contributed by atoms with Gasteiger partial charge >= 0.3 is 0 Å². The third kappa shape index (κ3) is 0.725. The van der Waals surface area contributed by atoms with Crippen molar-refractivity contribution >= 4 is 15.9 Å². The van der Waals surface area contributed by atoms with Gasteiger partial charge in [0.15, 0.2) is 0 Å². The van der Waals surface area contributed by atoms with Crippen molar-refractivity contribution in [3.63, 3.8) is 0 Å². The van der Waals surface area contributed by atoms with Crippen LogP contribution >= 0.6 is 15.9 Å². The summed E-state index contributed by atoms with van der Waals surface area (Å²) in [6.45, 7) is 1.81. The minimum Gasteiger partial charge on any atom is -0.315 e. The summed E-state index contributed by atoms with van der Waals surface area (Å²) < 4.78 is 0.975. The Morgan fingerprint density at radius 1 is 1.67 bits per heavy atom. The third-order valence-electron chi connectivity index (χ3n) is 0.505. The molecule has 2 nitrogen and oxygen atoms in total. The molecule has 1 aliphatic heterocycles. The molecule has 0 amide bonds. The summed E-state index contributed by atoms with van der Waals surface area (Å²) in [4.78, 5) is 0. The third-order valence-corrected chi connectivity index (χ3v) is 0.967. The highest BCUT2D eigenvalue weighted by Crippen LogP contribution is 2.01. The normalized spacial score (nSPS) is 19.8. The van der Waals surface area contributed by atoms with E-state index in [1.54, 1.807) is 0 Å². The fraction of sp³-hybridized carbons (Fsp3) is 0. The number of rotatable bonds is 0. The van der Waals surface area contributed by atoms with Crippen LogP contribution in [0.5, 0.6) is 0 Å². The largest absolute Gasteiger partial charge is 0.315 e. The molecule has 0 fully saturated rings. The lowest BCUT2D eigenvalue weighted by Crippen LogP contribution is -2.18. The summed E-state index contributed by atoms with van der Waals surface area (Å²) in [5.41, 5.74) is 5.55. The van der Waals surface area contributed by atoms with Crippen molar-refractivity contribution < 1.29 is 0 Å². The van der Waals surface area contributed by atoms with Gasteiger partial charge in [0.05, 0.1) is 11.2 Å². The van der Waals surface area contributed by atoms with Gasteiger partial charge in [-0.15, -0.1) is 0 Å². The van der Waals surface area contributed by atoms with Crippen molar-refractivity contribution in [2.24, 2.45) is 0 Å². The van der Waals surface area contributed by atoms with Crippen LogP contribution in [0.15, 0.2) is 10.7 Å². The van der Waals surface area contributed by atoms with Gasteiger partial charge in [-0.3, -0.25) is 0 Å². The van der Waals surface area contributed by atoms with Crippen LogP contribution in [0.25, 0.3) is 0 Å². The van der Waals surface area contributed by atoms with Gasteiger partial charge in [-0.25, -0.2) is 5.43 Å². The van der Waals surface area contributed by atoms with E-state index in [9.17, 15) is 0 Å².